The lowest BCUT2D eigenvalue weighted by Gasteiger charge is -2.49. The third-order valence-corrected chi connectivity index (χ3v) is 5.37. The van der Waals surface area contributed by atoms with Crippen molar-refractivity contribution in [2.24, 2.45) is 5.73 Å². The lowest BCUT2D eigenvalue weighted by atomic mass is 9.76. The zero-order valence-corrected chi connectivity index (χ0v) is 12.6. The highest BCUT2D eigenvalue weighted by Gasteiger charge is 2.39. The molecule has 110 valence electrons. The van der Waals surface area contributed by atoms with Gasteiger partial charge >= 0.3 is 0 Å². The fourth-order valence-electron chi connectivity index (χ4n) is 3.90. The summed E-state index contributed by atoms with van der Waals surface area (Å²) in [7, 11) is 0. The van der Waals surface area contributed by atoms with Crippen molar-refractivity contribution in [1.82, 2.24) is 9.80 Å². The van der Waals surface area contributed by atoms with Crippen molar-refractivity contribution >= 4 is 0 Å². The molecule has 2 aliphatic rings. The van der Waals surface area contributed by atoms with Gasteiger partial charge in [-0.1, -0.05) is 31.2 Å². The first-order chi connectivity index (χ1) is 9.77. The van der Waals surface area contributed by atoms with Gasteiger partial charge in [0, 0.05) is 38.3 Å². The molecule has 0 radical (unpaired) electrons. The van der Waals surface area contributed by atoms with E-state index in [9.17, 15) is 0 Å². The molecule has 1 aromatic rings. The predicted octanol–water partition coefficient (Wildman–Crippen LogP) is 1.51. The number of likely N-dealkylation sites (N-methyl/N-ethyl adjacent to an activating group) is 1. The van der Waals surface area contributed by atoms with Crippen LogP contribution in [0.1, 0.15) is 24.5 Å². The van der Waals surface area contributed by atoms with Crippen molar-refractivity contribution in [3.63, 3.8) is 0 Å². The highest BCUT2D eigenvalue weighted by molar-refractivity contribution is 5.32. The molecule has 1 aliphatic carbocycles. The van der Waals surface area contributed by atoms with E-state index in [2.05, 4.69) is 41.0 Å². The first kappa shape index (κ1) is 14.1. The van der Waals surface area contributed by atoms with Gasteiger partial charge in [0.1, 0.15) is 0 Å². The van der Waals surface area contributed by atoms with Gasteiger partial charge in [0.15, 0.2) is 0 Å². The molecule has 1 aromatic carbocycles. The van der Waals surface area contributed by atoms with Crippen LogP contribution in [0.5, 0.6) is 0 Å². The second-order valence-corrected chi connectivity index (χ2v) is 6.30. The summed E-state index contributed by atoms with van der Waals surface area (Å²) in [4.78, 5) is 5.21. The largest absolute Gasteiger partial charge is 0.329 e. The maximum absolute atomic E-state index is 6.24. The number of aryl methyl sites for hydroxylation is 1. The quantitative estimate of drug-likeness (QED) is 0.906. The van der Waals surface area contributed by atoms with Crippen LogP contribution >= 0.6 is 0 Å². The number of piperazine rings is 1. The Labute approximate surface area is 122 Å². The molecule has 1 unspecified atom stereocenters. The molecule has 1 heterocycles. The molecule has 0 spiro atoms. The van der Waals surface area contributed by atoms with Crippen LogP contribution in [0.15, 0.2) is 24.3 Å². The number of nitrogens with zero attached hydrogens (tertiary/aromatic N) is 2. The van der Waals surface area contributed by atoms with Gasteiger partial charge in [-0.25, -0.2) is 0 Å². The van der Waals surface area contributed by atoms with Gasteiger partial charge in [-0.15, -0.1) is 0 Å². The Balaban J connectivity index is 1.77. The third-order valence-electron chi connectivity index (χ3n) is 5.37. The van der Waals surface area contributed by atoms with E-state index in [0.29, 0.717) is 0 Å². The van der Waals surface area contributed by atoms with E-state index in [-0.39, 0.29) is 5.54 Å². The molecule has 1 atom stereocenters. The van der Waals surface area contributed by atoms with Crippen molar-refractivity contribution in [1.29, 1.82) is 0 Å². The molecule has 20 heavy (non-hydrogen) atoms. The molecule has 0 bridgehead atoms. The van der Waals surface area contributed by atoms with E-state index in [4.69, 9.17) is 5.73 Å². The number of hydrogen-bond donors (Lipinski definition) is 1. The molecule has 0 aromatic heterocycles. The average molecular weight is 273 g/mol. The topological polar surface area (TPSA) is 32.5 Å². The Kier molecular flexibility index (Phi) is 4.11. The first-order valence-corrected chi connectivity index (χ1v) is 8.02. The highest BCUT2D eigenvalue weighted by atomic mass is 15.3. The van der Waals surface area contributed by atoms with Gasteiger partial charge in [0.05, 0.1) is 0 Å². The lowest BCUT2D eigenvalue weighted by Crippen LogP contribution is -2.62. The van der Waals surface area contributed by atoms with E-state index < -0.39 is 0 Å². The highest BCUT2D eigenvalue weighted by Crippen LogP contribution is 2.33. The predicted molar refractivity (Wildman–Crippen MR) is 83.9 cm³/mol. The van der Waals surface area contributed by atoms with Crippen LogP contribution in [0.25, 0.3) is 0 Å². The Morgan fingerprint density at radius 2 is 1.80 bits per heavy atom. The summed E-state index contributed by atoms with van der Waals surface area (Å²) < 4.78 is 0. The van der Waals surface area contributed by atoms with Crippen LogP contribution < -0.4 is 5.73 Å². The maximum atomic E-state index is 6.24. The van der Waals surface area contributed by atoms with Crippen LogP contribution in [-0.4, -0.2) is 54.6 Å². The zero-order chi connectivity index (χ0) is 14.0. The van der Waals surface area contributed by atoms with Crippen molar-refractivity contribution in [3.8, 4) is 0 Å². The van der Waals surface area contributed by atoms with Crippen molar-refractivity contribution in [3.05, 3.63) is 35.4 Å². The van der Waals surface area contributed by atoms with Crippen LogP contribution in [0, 0.1) is 0 Å². The van der Waals surface area contributed by atoms with E-state index in [0.717, 1.165) is 13.0 Å². The van der Waals surface area contributed by atoms with Gasteiger partial charge in [-0.05, 0) is 36.9 Å². The maximum Gasteiger partial charge on any atom is 0.0376 e. The summed E-state index contributed by atoms with van der Waals surface area (Å²) in [6, 6.07) is 8.90. The van der Waals surface area contributed by atoms with E-state index >= 15 is 0 Å². The molecule has 1 saturated heterocycles. The molecular weight excluding hydrogens is 246 g/mol. The fraction of sp³-hybridized carbons (Fsp3) is 0.647. The number of benzene rings is 1. The van der Waals surface area contributed by atoms with E-state index in [1.165, 1.54) is 56.7 Å². The molecule has 1 aliphatic heterocycles. The Bertz CT molecular complexity index is 451. The minimum atomic E-state index is 0.203. The summed E-state index contributed by atoms with van der Waals surface area (Å²) in [5, 5.41) is 0. The Morgan fingerprint density at radius 1 is 1.10 bits per heavy atom. The molecule has 0 saturated carbocycles. The zero-order valence-electron chi connectivity index (χ0n) is 12.6. The Hall–Kier alpha value is -0.900. The summed E-state index contributed by atoms with van der Waals surface area (Å²) in [5.41, 5.74) is 9.49. The molecular formula is C17H27N3. The molecule has 3 nitrogen and oxygen atoms in total. The van der Waals surface area contributed by atoms with Crippen molar-refractivity contribution < 1.29 is 0 Å². The van der Waals surface area contributed by atoms with E-state index in [1.807, 2.05) is 0 Å². The van der Waals surface area contributed by atoms with Gasteiger partial charge in [-0.3, -0.25) is 4.90 Å². The van der Waals surface area contributed by atoms with Crippen LogP contribution in [-0.2, 0) is 12.8 Å². The standard InChI is InChI=1S/C17H27N3/c1-2-19-9-11-20(12-10-19)17(14-18)8-7-15-5-3-4-6-16(15)13-17/h3-6H,2,7-14,18H2,1H3. The monoisotopic (exact) mass is 273 g/mol. The SMILES string of the molecule is CCN1CCN(C2(CN)CCc3ccccc3C2)CC1. The fourth-order valence-corrected chi connectivity index (χ4v) is 3.90. The third kappa shape index (κ3) is 2.50. The molecule has 3 heteroatoms. The van der Waals surface area contributed by atoms with Crippen LogP contribution in [0.4, 0.5) is 0 Å². The van der Waals surface area contributed by atoms with Gasteiger partial charge < -0.3 is 10.6 Å². The lowest BCUT2D eigenvalue weighted by molar-refractivity contribution is 0.0288. The molecule has 3 rings (SSSR count). The average Bonchev–Trinajstić information content (AvgIpc) is 2.54. The summed E-state index contributed by atoms with van der Waals surface area (Å²) in [6.07, 6.45) is 3.53. The molecule has 1 fully saturated rings. The van der Waals surface area contributed by atoms with E-state index in [1.54, 1.807) is 0 Å². The minimum absolute atomic E-state index is 0.203. The number of nitrogens with two attached hydrogens (primary N) is 1. The van der Waals surface area contributed by atoms with Gasteiger partial charge in [-0.2, -0.15) is 0 Å². The normalized spacial score (nSPS) is 28.3. The second-order valence-electron chi connectivity index (χ2n) is 6.30. The van der Waals surface area contributed by atoms with Crippen LogP contribution in [0.3, 0.4) is 0 Å². The first-order valence-electron chi connectivity index (χ1n) is 8.02. The van der Waals surface area contributed by atoms with Gasteiger partial charge in [0.25, 0.3) is 0 Å². The second kappa shape index (κ2) is 5.84. The smallest absolute Gasteiger partial charge is 0.0376 e. The minimum Gasteiger partial charge on any atom is -0.329 e. The van der Waals surface area contributed by atoms with Gasteiger partial charge in [0.2, 0.25) is 0 Å². The van der Waals surface area contributed by atoms with Crippen molar-refractivity contribution in [2.75, 3.05) is 39.3 Å². The van der Waals surface area contributed by atoms with Crippen molar-refractivity contribution in [2.45, 2.75) is 31.7 Å². The molecule has 2 N–H and O–H groups in total. The summed E-state index contributed by atoms with van der Waals surface area (Å²) >= 11 is 0. The molecule has 0 amide bonds. The summed E-state index contributed by atoms with van der Waals surface area (Å²) in [6.45, 7) is 8.95. The van der Waals surface area contributed by atoms with Crippen LogP contribution in [0.2, 0.25) is 0 Å². The Morgan fingerprint density at radius 3 is 2.45 bits per heavy atom. The summed E-state index contributed by atoms with van der Waals surface area (Å²) in [5.74, 6) is 0. The number of rotatable bonds is 3. The number of fused-ring (bicyclic) bond motifs is 1. The number of hydrogen-bond acceptors (Lipinski definition) is 3.